The van der Waals surface area contributed by atoms with Gasteiger partial charge < -0.3 is 15.4 Å². The lowest BCUT2D eigenvalue weighted by molar-refractivity contribution is -0.384. The predicted molar refractivity (Wildman–Crippen MR) is 103 cm³/mol. The molecule has 8 nitrogen and oxygen atoms in total. The third kappa shape index (κ3) is 5.22. The highest BCUT2D eigenvalue weighted by atomic mass is 35.5. The van der Waals surface area contributed by atoms with Gasteiger partial charge in [-0.05, 0) is 24.3 Å². The number of hydrogen-bond donors (Lipinski definition) is 2. The van der Waals surface area contributed by atoms with Crippen LogP contribution in [0.4, 0.5) is 17.1 Å². The highest BCUT2D eigenvalue weighted by Crippen LogP contribution is 2.33. The van der Waals surface area contributed by atoms with Crippen molar-refractivity contribution in [3.8, 4) is 0 Å². The first-order chi connectivity index (χ1) is 12.7. The highest BCUT2D eigenvalue weighted by Gasteiger charge is 2.19. The quantitative estimate of drug-likeness (QED) is 0.398. The van der Waals surface area contributed by atoms with E-state index in [-0.39, 0.29) is 32.7 Å². The van der Waals surface area contributed by atoms with E-state index in [1.54, 1.807) is 0 Å². The number of nitro benzene ring substituents is 1. The van der Waals surface area contributed by atoms with Gasteiger partial charge in [-0.15, -0.1) is 0 Å². The molecule has 11 heteroatoms. The van der Waals surface area contributed by atoms with Crippen molar-refractivity contribution >= 4 is 63.7 Å². The molecule has 0 spiro atoms. The number of benzene rings is 2. The Morgan fingerprint density at radius 3 is 2.33 bits per heavy atom. The van der Waals surface area contributed by atoms with Crippen LogP contribution in [0.25, 0.3) is 0 Å². The van der Waals surface area contributed by atoms with Crippen LogP contribution in [-0.4, -0.2) is 30.5 Å². The second-order valence-electron chi connectivity index (χ2n) is 5.11. The van der Waals surface area contributed by atoms with Gasteiger partial charge >= 0.3 is 5.97 Å². The molecule has 142 valence electrons. The van der Waals surface area contributed by atoms with E-state index >= 15 is 0 Å². The number of ether oxygens (including phenoxy) is 1. The largest absolute Gasteiger partial charge is 0.452 e. The Morgan fingerprint density at radius 1 is 1.15 bits per heavy atom. The van der Waals surface area contributed by atoms with Gasteiger partial charge in [0.2, 0.25) is 0 Å². The molecule has 0 saturated heterocycles. The summed E-state index contributed by atoms with van der Waals surface area (Å²) in [4.78, 5) is 34.4. The minimum absolute atomic E-state index is 0.0731. The lowest BCUT2D eigenvalue weighted by atomic mass is 10.1. The summed E-state index contributed by atoms with van der Waals surface area (Å²) >= 11 is 17.7. The van der Waals surface area contributed by atoms with Crippen LogP contribution >= 0.6 is 34.8 Å². The Bertz CT molecular complexity index is 897. The number of anilines is 2. The standard InChI is InChI=1S/C16H12Cl3N3O5/c1-20-12-3-2-8(4-13(12)22(25)26)16(24)27-7-14(23)21-15-10(18)5-9(17)6-11(15)19/h2-6,20H,7H2,1H3,(H,21,23). The van der Waals surface area contributed by atoms with E-state index in [2.05, 4.69) is 10.6 Å². The van der Waals surface area contributed by atoms with Crippen molar-refractivity contribution in [2.45, 2.75) is 0 Å². The molecule has 2 aromatic carbocycles. The molecular weight excluding hydrogens is 421 g/mol. The molecule has 0 heterocycles. The molecule has 0 aliphatic heterocycles. The molecule has 0 unspecified atom stereocenters. The van der Waals surface area contributed by atoms with Crippen LogP contribution in [0.2, 0.25) is 15.1 Å². The van der Waals surface area contributed by atoms with Gasteiger partial charge in [-0.3, -0.25) is 14.9 Å². The summed E-state index contributed by atoms with van der Waals surface area (Å²) in [6.45, 7) is -0.643. The number of esters is 1. The molecule has 0 fully saturated rings. The fourth-order valence-corrected chi connectivity index (χ4v) is 2.98. The summed E-state index contributed by atoms with van der Waals surface area (Å²) in [5, 5.41) is 16.6. The zero-order valence-corrected chi connectivity index (χ0v) is 16.0. The van der Waals surface area contributed by atoms with Crippen molar-refractivity contribution in [1.82, 2.24) is 0 Å². The van der Waals surface area contributed by atoms with E-state index in [1.807, 2.05) is 0 Å². The van der Waals surface area contributed by atoms with Crippen LogP contribution in [0.15, 0.2) is 30.3 Å². The van der Waals surface area contributed by atoms with Crippen molar-refractivity contribution in [2.24, 2.45) is 0 Å². The first-order valence-corrected chi connectivity index (χ1v) is 8.44. The van der Waals surface area contributed by atoms with Crippen LogP contribution in [0.1, 0.15) is 10.4 Å². The van der Waals surface area contributed by atoms with E-state index in [9.17, 15) is 19.7 Å². The average Bonchev–Trinajstić information content (AvgIpc) is 2.62. The van der Waals surface area contributed by atoms with Gasteiger partial charge in [-0.1, -0.05) is 34.8 Å². The number of halogens is 3. The Kier molecular flexibility index (Phi) is 6.84. The molecule has 0 bridgehead atoms. The van der Waals surface area contributed by atoms with Crippen LogP contribution in [0, 0.1) is 10.1 Å². The third-order valence-electron chi connectivity index (χ3n) is 3.31. The number of nitro groups is 1. The molecule has 2 rings (SSSR count). The first kappa shape index (κ1) is 20.8. The maximum atomic E-state index is 12.0. The van der Waals surface area contributed by atoms with Crippen molar-refractivity contribution in [3.63, 3.8) is 0 Å². The number of nitrogens with one attached hydrogen (secondary N) is 2. The number of nitrogens with zero attached hydrogens (tertiary/aromatic N) is 1. The first-order valence-electron chi connectivity index (χ1n) is 7.30. The smallest absolute Gasteiger partial charge is 0.338 e. The summed E-state index contributed by atoms with van der Waals surface area (Å²) in [6.07, 6.45) is 0. The van der Waals surface area contributed by atoms with Gasteiger partial charge in [0.05, 0.1) is 26.2 Å². The van der Waals surface area contributed by atoms with E-state index in [4.69, 9.17) is 39.5 Å². The molecule has 1 amide bonds. The van der Waals surface area contributed by atoms with Gasteiger partial charge in [0.1, 0.15) is 5.69 Å². The number of carbonyl (C=O) groups excluding carboxylic acids is 2. The molecule has 0 aliphatic carbocycles. The lowest BCUT2D eigenvalue weighted by Crippen LogP contribution is -2.21. The predicted octanol–water partition coefficient (Wildman–Crippen LogP) is 4.39. The Balaban J connectivity index is 2.04. The molecule has 2 N–H and O–H groups in total. The minimum atomic E-state index is -0.899. The molecule has 27 heavy (non-hydrogen) atoms. The summed E-state index contributed by atoms with van der Waals surface area (Å²) < 4.78 is 4.87. The van der Waals surface area contributed by atoms with E-state index in [0.29, 0.717) is 5.02 Å². The van der Waals surface area contributed by atoms with E-state index in [1.165, 1.54) is 31.3 Å². The number of amides is 1. The summed E-state index contributed by atoms with van der Waals surface area (Å²) in [5.74, 6) is -1.60. The minimum Gasteiger partial charge on any atom is -0.452 e. The molecule has 0 radical (unpaired) electrons. The maximum Gasteiger partial charge on any atom is 0.338 e. The second kappa shape index (κ2) is 8.90. The fraction of sp³-hybridized carbons (Fsp3) is 0.125. The molecule has 0 saturated carbocycles. The Hall–Kier alpha value is -2.55. The SMILES string of the molecule is CNc1ccc(C(=O)OCC(=O)Nc2c(Cl)cc(Cl)cc2Cl)cc1[N+](=O)[O-]. The summed E-state index contributed by atoms with van der Waals surface area (Å²) in [7, 11) is 1.51. The number of rotatable bonds is 6. The van der Waals surface area contributed by atoms with E-state index < -0.39 is 23.4 Å². The Morgan fingerprint density at radius 2 is 1.78 bits per heavy atom. The van der Waals surface area contributed by atoms with Gasteiger partial charge in [0, 0.05) is 18.1 Å². The number of hydrogen-bond acceptors (Lipinski definition) is 6. The van der Waals surface area contributed by atoms with Crippen molar-refractivity contribution in [3.05, 3.63) is 61.1 Å². The molecule has 0 atom stereocenters. The van der Waals surface area contributed by atoms with E-state index in [0.717, 1.165) is 6.07 Å². The second-order valence-corrected chi connectivity index (χ2v) is 6.36. The van der Waals surface area contributed by atoms with Crippen LogP contribution in [-0.2, 0) is 9.53 Å². The maximum absolute atomic E-state index is 12.0. The van der Waals surface area contributed by atoms with Crippen molar-refractivity contribution in [2.75, 3.05) is 24.3 Å². The van der Waals surface area contributed by atoms with Crippen LogP contribution in [0.3, 0.4) is 0 Å². The molecule has 2 aromatic rings. The lowest BCUT2D eigenvalue weighted by Gasteiger charge is -2.10. The highest BCUT2D eigenvalue weighted by molar-refractivity contribution is 6.42. The molecular formula is C16H12Cl3N3O5. The Labute approximate surface area is 168 Å². The zero-order valence-electron chi connectivity index (χ0n) is 13.7. The van der Waals surface area contributed by atoms with Crippen LogP contribution < -0.4 is 10.6 Å². The summed E-state index contributed by atoms with van der Waals surface area (Å²) in [5.41, 5.74) is -0.00806. The fourth-order valence-electron chi connectivity index (χ4n) is 2.07. The number of carbonyl (C=O) groups is 2. The molecule has 0 aromatic heterocycles. The van der Waals surface area contributed by atoms with Crippen LogP contribution in [0.5, 0.6) is 0 Å². The van der Waals surface area contributed by atoms with Gasteiger partial charge in [0.15, 0.2) is 6.61 Å². The van der Waals surface area contributed by atoms with Crippen molar-refractivity contribution < 1.29 is 19.2 Å². The average molecular weight is 433 g/mol. The monoisotopic (exact) mass is 431 g/mol. The normalized spacial score (nSPS) is 10.2. The van der Waals surface area contributed by atoms with Gasteiger partial charge in [-0.25, -0.2) is 4.79 Å². The van der Waals surface area contributed by atoms with Crippen molar-refractivity contribution in [1.29, 1.82) is 0 Å². The summed E-state index contributed by atoms with van der Waals surface area (Å²) in [6, 6.07) is 6.53. The third-order valence-corrected chi connectivity index (χ3v) is 4.12. The van der Waals surface area contributed by atoms with Gasteiger partial charge in [-0.2, -0.15) is 0 Å². The topological polar surface area (TPSA) is 111 Å². The van der Waals surface area contributed by atoms with Gasteiger partial charge in [0.25, 0.3) is 11.6 Å². The zero-order chi connectivity index (χ0) is 20.1. The molecule has 0 aliphatic rings.